The van der Waals surface area contributed by atoms with E-state index < -0.39 is 11.7 Å². The molecule has 0 bridgehead atoms. The van der Waals surface area contributed by atoms with Crippen molar-refractivity contribution in [3.05, 3.63) is 29.0 Å². The molecule has 4 rings (SSSR count). The molecule has 2 N–H and O–H groups in total. The minimum atomic E-state index is -0.654. The number of aliphatic hydroxyl groups is 1. The summed E-state index contributed by atoms with van der Waals surface area (Å²) in [7, 11) is 0. The van der Waals surface area contributed by atoms with Crippen molar-refractivity contribution >= 4 is 16.9 Å². The van der Waals surface area contributed by atoms with Crippen LogP contribution in [0.5, 0.6) is 5.75 Å². The van der Waals surface area contributed by atoms with E-state index in [0.29, 0.717) is 30.1 Å². The molecule has 2 aliphatic rings. The average molecular weight is 402 g/mol. The van der Waals surface area contributed by atoms with Crippen LogP contribution in [0.25, 0.3) is 11.0 Å². The van der Waals surface area contributed by atoms with Crippen molar-refractivity contribution in [2.75, 3.05) is 39.4 Å². The first-order valence-corrected chi connectivity index (χ1v) is 10.4. The normalized spacial score (nSPS) is 21.6. The molecule has 158 valence electrons. The van der Waals surface area contributed by atoms with Gasteiger partial charge >= 0.3 is 0 Å². The van der Waals surface area contributed by atoms with Gasteiger partial charge in [-0.3, -0.25) is 9.69 Å². The van der Waals surface area contributed by atoms with Crippen LogP contribution in [0, 0.1) is 6.92 Å². The second-order valence-corrected chi connectivity index (χ2v) is 8.55. The molecule has 1 aromatic heterocycles. The molecule has 0 radical (unpaired) electrons. The monoisotopic (exact) mass is 402 g/mol. The van der Waals surface area contributed by atoms with E-state index in [1.165, 1.54) is 0 Å². The van der Waals surface area contributed by atoms with Crippen LogP contribution in [-0.4, -0.2) is 60.9 Å². The van der Waals surface area contributed by atoms with Gasteiger partial charge in [0.05, 0.1) is 19.3 Å². The number of nitrogens with zero attached hydrogens (tertiary/aromatic N) is 1. The van der Waals surface area contributed by atoms with Gasteiger partial charge in [-0.15, -0.1) is 0 Å². The number of nitrogens with one attached hydrogen (secondary N) is 1. The van der Waals surface area contributed by atoms with Gasteiger partial charge in [0, 0.05) is 42.6 Å². The third-order valence-corrected chi connectivity index (χ3v) is 5.75. The van der Waals surface area contributed by atoms with Crippen molar-refractivity contribution in [3.8, 4) is 5.75 Å². The summed E-state index contributed by atoms with van der Waals surface area (Å²) in [4.78, 5) is 15.1. The fraction of sp³-hybridized carbons (Fsp3) is 0.591. The number of rotatable bonds is 5. The molecule has 1 saturated heterocycles. The summed E-state index contributed by atoms with van der Waals surface area (Å²) >= 11 is 0. The standard InChI is InChI=1S/C22H30N2O5/c1-14-18-16(5-6-17-19(18)15(25)13-22(2,3)29-17)28-20(14)21(26)23-7-4-8-24-9-11-27-12-10-24/h5-6,15,25H,4,7-13H2,1-3H3,(H,23,26). The number of furan rings is 1. The van der Waals surface area contributed by atoms with Crippen LogP contribution in [0.4, 0.5) is 0 Å². The van der Waals surface area contributed by atoms with Crippen LogP contribution in [-0.2, 0) is 4.74 Å². The number of fused-ring (bicyclic) bond motifs is 3. The molecule has 7 nitrogen and oxygen atoms in total. The predicted octanol–water partition coefficient (Wildman–Crippen LogP) is 2.79. The predicted molar refractivity (Wildman–Crippen MR) is 109 cm³/mol. The van der Waals surface area contributed by atoms with E-state index in [1.807, 2.05) is 32.9 Å². The van der Waals surface area contributed by atoms with E-state index in [1.54, 1.807) is 0 Å². The fourth-order valence-electron chi connectivity index (χ4n) is 4.31. The first kappa shape index (κ1) is 20.2. The van der Waals surface area contributed by atoms with E-state index in [0.717, 1.165) is 55.8 Å². The first-order chi connectivity index (χ1) is 13.9. The summed E-state index contributed by atoms with van der Waals surface area (Å²) in [5.41, 5.74) is 1.62. The van der Waals surface area contributed by atoms with E-state index in [2.05, 4.69) is 10.2 Å². The Labute approximate surface area is 170 Å². The Morgan fingerprint density at radius 1 is 1.31 bits per heavy atom. The number of aryl methyl sites for hydroxylation is 1. The molecule has 1 unspecified atom stereocenters. The summed E-state index contributed by atoms with van der Waals surface area (Å²) in [6.07, 6.45) is 0.715. The van der Waals surface area contributed by atoms with Gasteiger partial charge in [-0.25, -0.2) is 0 Å². The number of ether oxygens (including phenoxy) is 2. The molecule has 0 saturated carbocycles. The highest BCUT2D eigenvalue weighted by Crippen LogP contribution is 2.45. The fourth-order valence-corrected chi connectivity index (χ4v) is 4.31. The number of aliphatic hydroxyl groups excluding tert-OH is 1. The minimum absolute atomic E-state index is 0.221. The lowest BCUT2D eigenvalue weighted by Gasteiger charge is -2.35. The zero-order valence-corrected chi connectivity index (χ0v) is 17.4. The van der Waals surface area contributed by atoms with Crippen LogP contribution in [0.15, 0.2) is 16.5 Å². The van der Waals surface area contributed by atoms with Crippen LogP contribution in [0.1, 0.15) is 54.5 Å². The molecule has 29 heavy (non-hydrogen) atoms. The molecular weight excluding hydrogens is 372 g/mol. The molecule has 2 aromatic rings. The second-order valence-electron chi connectivity index (χ2n) is 8.55. The quantitative estimate of drug-likeness (QED) is 0.749. The lowest BCUT2D eigenvalue weighted by atomic mass is 9.89. The van der Waals surface area contributed by atoms with Gasteiger partial charge in [0.25, 0.3) is 5.91 Å². The SMILES string of the molecule is Cc1c(C(=O)NCCCN2CCOCC2)oc2ccc3c(c12)C(O)CC(C)(C)O3. The van der Waals surface area contributed by atoms with Gasteiger partial charge in [0.15, 0.2) is 5.76 Å². The Balaban J connectivity index is 1.47. The van der Waals surface area contributed by atoms with Crippen LogP contribution < -0.4 is 10.1 Å². The summed E-state index contributed by atoms with van der Waals surface area (Å²) in [5.74, 6) is 0.736. The Kier molecular flexibility index (Phi) is 5.55. The van der Waals surface area contributed by atoms with Crippen LogP contribution in [0.2, 0.25) is 0 Å². The van der Waals surface area contributed by atoms with Crippen molar-refractivity contribution < 1.29 is 23.8 Å². The van der Waals surface area contributed by atoms with E-state index >= 15 is 0 Å². The third kappa shape index (κ3) is 4.13. The molecule has 1 aromatic carbocycles. The van der Waals surface area contributed by atoms with Crippen molar-refractivity contribution in [3.63, 3.8) is 0 Å². The molecule has 1 amide bonds. The summed E-state index contributed by atoms with van der Waals surface area (Å²) in [6, 6.07) is 3.62. The van der Waals surface area contributed by atoms with Gasteiger partial charge in [-0.1, -0.05) is 0 Å². The zero-order valence-electron chi connectivity index (χ0n) is 17.4. The molecular formula is C22H30N2O5. The zero-order chi connectivity index (χ0) is 20.6. The second kappa shape index (κ2) is 7.97. The Morgan fingerprint density at radius 3 is 2.83 bits per heavy atom. The van der Waals surface area contributed by atoms with Crippen molar-refractivity contribution in [2.45, 2.75) is 45.3 Å². The molecule has 0 spiro atoms. The number of carbonyl (C=O) groups is 1. The van der Waals surface area contributed by atoms with Gasteiger partial charge in [-0.05, 0) is 45.9 Å². The summed E-state index contributed by atoms with van der Waals surface area (Å²) in [6.45, 7) is 10.8. The number of carbonyl (C=O) groups excluding carboxylic acids is 1. The van der Waals surface area contributed by atoms with Crippen molar-refractivity contribution in [2.24, 2.45) is 0 Å². The number of hydrogen-bond donors (Lipinski definition) is 2. The van der Waals surface area contributed by atoms with Crippen molar-refractivity contribution in [1.82, 2.24) is 10.2 Å². The number of hydrogen-bond acceptors (Lipinski definition) is 6. The maximum Gasteiger partial charge on any atom is 0.287 e. The minimum Gasteiger partial charge on any atom is -0.487 e. The Hall–Kier alpha value is -2.09. The highest BCUT2D eigenvalue weighted by atomic mass is 16.5. The number of benzene rings is 1. The molecule has 0 aliphatic carbocycles. The molecule has 7 heteroatoms. The van der Waals surface area contributed by atoms with Gasteiger partial charge in [-0.2, -0.15) is 0 Å². The molecule has 1 atom stereocenters. The molecule has 3 heterocycles. The summed E-state index contributed by atoms with van der Waals surface area (Å²) in [5, 5.41) is 14.5. The topological polar surface area (TPSA) is 84.2 Å². The van der Waals surface area contributed by atoms with Crippen LogP contribution in [0.3, 0.4) is 0 Å². The number of morpholine rings is 1. The number of amides is 1. The molecule has 2 aliphatic heterocycles. The average Bonchev–Trinajstić information content (AvgIpc) is 3.01. The highest BCUT2D eigenvalue weighted by molar-refractivity contribution is 6.00. The van der Waals surface area contributed by atoms with Gasteiger partial charge < -0.3 is 24.3 Å². The van der Waals surface area contributed by atoms with Gasteiger partial charge in [0.2, 0.25) is 0 Å². The highest BCUT2D eigenvalue weighted by Gasteiger charge is 2.35. The maximum absolute atomic E-state index is 12.7. The third-order valence-electron chi connectivity index (χ3n) is 5.75. The summed E-state index contributed by atoms with van der Waals surface area (Å²) < 4.78 is 17.3. The smallest absolute Gasteiger partial charge is 0.287 e. The Morgan fingerprint density at radius 2 is 2.07 bits per heavy atom. The Bertz CT molecular complexity index is 898. The van der Waals surface area contributed by atoms with E-state index in [-0.39, 0.29) is 5.91 Å². The first-order valence-electron chi connectivity index (χ1n) is 10.4. The lowest BCUT2D eigenvalue weighted by Crippen LogP contribution is -2.38. The van der Waals surface area contributed by atoms with Crippen molar-refractivity contribution in [1.29, 1.82) is 0 Å². The maximum atomic E-state index is 12.7. The largest absolute Gasteiger partial charge is 0.487 e. The van der Waals surface area contributed by atoms with E-state index in [4.69, 9.17) is 13.9 Å². The lowest BCUT2D eigenvalue weighted by molar-refractivity contribution is 0.0126. The molecule has 1 fully saturated rings. The van der Waals surface area contributed by atoms with Crippen LogP contribution >= 0.6 is 0 Å². The van der Waals surface area contributed by atoms with E-state index in [9.17, 15) is 9.90 Å². The van der Waals surface area contributed by atoms with Gasteiger partial charge in [0.1, 0.15) is 16.9 Å².